The molecule has 1 aliphatic carbocycles. The normalized spacial score (nSPS) is 33.4. The molecule has 1 aliphatic heterocycles. The van der Waals surface area contributed by atoms with Crippen molar-refractivity contribution in [3.63, 3.8) is 0 Å². The summed E-state index contributed by atoms with van der Waals surface area (Å²) in [6.45, 7) is 2.77. The van der Waals surface area contributed by atoms with Gasteiger partial charge in [-0.1, -0.05) is 19.8 Å². The highest BCUT2D eigenvalue weighted by molar-refractivity contribution is 5.92. The quantitative estimate of drug-likeness (QED) is 0.706. The molecule has 0 spiro atoms. The Labute approximate surface area is 119 Å². The van der Waals surface area contributed by atoms with Gasteiger partial charge in [0.15, 0.2) is 0 Å². The number of amides is 1. The zero-order valence-corrected chi connectivity index (χ0v) is 12.0. The van der Waals surface area contributed by atoms with Gasteiger partial charge in [0.2, 0.25) is 5.91 Å². The van der Waals surface area contributed by atoms with Crippen molar-refractivity contribution in [1.29, 1.82) is 0 Å². The van der Waals surface area contributed by atoms with Gasteiger partial charge in [-0.05, 0) is 18.8 Å². The van der Waals surface area contributed by atoms with Crippen molar-refractivity contribution in [1.82, 2.24) is 5.32 Å². The molecule has 1 heterocycles. The number of carbonyl (C=O) groups excluding carboxylic acids is 1. The third-order valence-electron chi connectivity index (χ3n) is 4.59. The van der Waals surface area contributed by atoms with Crippen LogP contribution in [0, 0.1) is 5.92 Å². The summed E-state index contributed by atoms with van der Waals surface area (Å²) in [7, 11) is 0. The van der Waals surface area contributed by atoms with Gasteiger partial charge in [0.1, 0.15) is 5.54 Å². The van der Waals surface area contributed by atoms with E-state index in [-0.39, 0.29) is 5.91 Å². The molecular formula is C14H24N2O4. The average Bonchev–Trinajstić information content (AvgIpc) is 2.39. The summed E-state index contributed by atoms with van der Waals surface area (Å²) >= 11 is 0. The van der Waals surface area contributed by atoms with E-state index < -0.39 is 17.0 Å². The maximum absolute atomic E-state index is 12.5. The molecule has 2 atom stereocenters. The molecule has 2 rings (SSSR count). The van der Waals surface area contributed by atoms with Crippen molar-refractivity contribution in [3.05, 3.63) is 0 Å². The summed E-state index contributed by atoms with van der Waals surface area (Å²) in [5.41, 5.74) is 4.08. The number of nitrogens with one attached hydrogen (secondary N) is 1. The van der Waals surface area contributed by atoms with E-state index in [2.05, 4.69) is 12.2 Å². The molecule has 6 nitrogen and oxygen atoms in total. The lowest BCUT2D eigenvalue weighted by atomic mass is 9.75. The number of rotatable bonds is 3. The first kappa shape index (κ1) is 15.3. The van der Waals surface area contributed by atoms with Crippen LogP contribution in [0.1, 0.15) is 45.4 Å². The number of aliphatic carboxylic acids is 1. The fraction of sp³-hybridized carbons (Fsp3) is 0.857. The van der Waals surface area contributed by atoms with Crippen LogP contribution in [0.25, 0.3) is 0 Å². The second-order valence-corrected chi connectivity index (χ2v) is 6.31. The first-order valence-electron chi connectivity index (χ1n) is 7.31. The first-order valence-corrected chi connectivity index (χ1v) is 7.31. The van der Waals surface area contributed by atoms with Gasteiger partial charge in [-0.2, -0.15) is 0 Å². The van der Waals surface area contributed by atoms with Gasteiger partial charge in [0, 0.05) is 26.1 Å². The highest BCUT2D eigenvalue weighted by Crippen LogP contribution is 2.32. The Balaban J connectivity index is 2.10. The summed E-state index contributed by atoms with van der Waals surface area (Å²) in [6, 6.07) is 0. The van der Waals surface area contributed by atoms with Crippen LogP contribution in [0.3, 0.4) is 0 Å². The number of carbonyl (C=O) groups is 2. The second-order valence-electron chi connectivity index (χ2n) is 6.31. The third kappa shape index (κ3) is 2.96. The molecule has 0 aromatic heterocycles. The Bertz CT molecular complexity index is 393. The van der Waals surface area contributed by atoms with Crippen molar-refractivity contribution >= 4 is 11.9 Å². The summed E-state index contributed by atoms with van der Waals surface area (Å²) < 4.78 is 5.20. The maximum atomic E-state index is 12.5. The van der Waals surface area contributed by atoms with E-state index in [1.807, 2.05) is 0 Å². The number of hydrogen-bond acceptors (Lipinski definition) is 4. The predicted octanol–water partition coefficient (Wildman–Crippen LogP) is 0.644. The molecule has 1 amide bonds. The molecule has 1 saturated carbocycles. The molecule has 1 saturated heterocycles. The van der Waals surface area contributed by atoms with Crippen LogP contribution in [-0.4, -0.2) is 41.3 Å². The van der Waals surface area contributed by atoms with Crippen LogP contribution in [0.5, 0.6) is 0 Å². The topological polar surface area (TPSA) is 102 Å². The van der Waals surface area contributed by atoms with Gasteiger partial charge in [-0.15, -0.1) is 0 Å². The number of carboxylic acids is 1. The molecule has 2 unspecified atom stereocenters. The predicted molar refractivity (Wildman–Crippen MR) is 73.1 cm³/mol. The molecule has 0 aromatic carbocycles. The highest BCUT2D eigenvalue weighted by Gasteiger charge is 2.46. The van der Waals surface area contributed by atoms with Gasteiger partial charge in [-0.25, -0.2) is 4.79 Å². The fourth-order valence-corrected chi connectivity index (χ4v) is 3.25. The minimum absolute atomic E-state index is 0.291. The van der Waals surface area contributed by atoms with E-state index in [9.17, 15) is 14.7 Å². The van der Waals surface area contributed by atoms with E-state index in [1.54, 1.807) is 0 Å². The molecule has 0 bridgehead atoms. The lowest BCUT2D eigenvalue weighted by Gasteiger charge is -2.40. The number of carboxylic acid groups (broad SMARTS) is 1. The van der Waals surface area contributed by atoms with Crippen LogP contribution in [0.15, 0.2) is 0 Å². The number of ether oxygens (including phenoxy) is 1. The van der Waals surface area contributed by atoms with Crippen molar-refractivity contribution in [3.8, 4) is 0 Å². The molecule has 2 aliphatic rings. The summed E-state index contributed by atoms with van der Waals surface area (Å²) in [4.78, 5) is 24.1. The fourth-order valence-electron chi connectivity index (χ4n) is 3.25. The number of nitrogens with two attached hydrogens (primary N) is 1. The minimum Gasteiger partial charge on any atom is -0.480 e. The van der Waals surface area contributed by atoms with E-state index in [1.165, 1.54) is 0 Å². The first-order chi connectivity index (χ1) is 9.38. The largest absolute Gasteiger partial charge is 0.480 e. The smallest absolute Gasteiger partial charge is 0.329 e. The maximum Gasteiger partial charge on any atom is 0.329 e. The van der Waals surface area contributed by atoms with E-state index >= 15 is 0 Å². The van der Waals surface area contributed by atoms with Gasteiger partial charge in [0.05, 0.1) is 5.54 Å². The summed E-state index contributed by atoms with van der Waals surface area (Å²) in [6.07, 6.45) is 3.80. The van der Waals surface area contributed by atoms with Gasteiger partial charge >= 0.3 is 5.97 Å². The molecule has 2 fully saturated rings. The molecule has 20 heavy (non-hydrogen) atoms. The van der Waals surface area contributed by atoms with E-state index in [4.69, 9.17) is 10.5 Å². The van der Waals surface area contributed by atoms with Crippen LogP contribution in [-0.2, 0) is 14.3 Å². The number of hydrogen-bond donors (Lipinski definition) is 3. The van der Waals surface area contributed by atoms with Crippen molar-refractivity contribution in [2.45, 2.75) is 56.5 Å². The van der Waals surface area contributed by atoms with Gasteiger partial charge in [-0.3, -0.25) is 4.79 Å². The second kappa shape index (κ2) is 5.69. The van der Waals surface area contributed by atoms with Crippen molar-refractivity contribution in [2.24, 2.45) is 11.7 Å². The Morgan fingerprint density at radius 2 is 1.95 bits per heavy atom. The van der Waals surface area contributed by atoms with Gasteiger partial charge in [0.25, 0.3) is 0 Å². The molecule has 6 heteroatoms. The Morgan fingerprint density at radius 1 is 1.30 bits per heavy atom. The Morgan fingerprint density at radius 3 is 2.50 bits per heavy atom. The molecule has 0 aromatic rings. The Kier molecular flexibility index (Phi) is 4.34. The van der Waals surface area contributed by atoms with E-state index in [0.717, 1.165) is 12.8 Å². The standard InChI is InChI=1S/C14H24N2O4/c1-10-3-2-4-13(15,9-10)11(17)16-14(12(18)19)5-7-20-8-6-14/h10H,2-9,15H2,1H3,(H,16,17)(H,18,19). The molecule has 4 N–H and O–H groups in total. The molecule has 114 valence electrons. The van der Waals surface area contributed by atoms with Gasteiger partial charge < -0.3 is 20.9 Å². The monoisotopic (exact) mass is 284 g/mol. The average molecular weight is 284 g/mol. The van der Waals surface area contributed by atoms with Crippen LogP contribution < -0.4 is 11.1 Å². The lowest BCUT2D eigenvalue weighted by Crippen LogP contribution is -2.65. The molecule has 0 radical (unpaired) electrons. The van der Waals surface area contributed by atoms with Crippen molar-refractivity contribution in [2.75, 3.05) is 13.2 Å². The van der Waals surface area contributed by atoms with Crippen LogP contribution in [0.4, 0.5) is 0 Å². The van der Waals surface area contributed by atoms with Crippen LogP contribution in [0.2, 0.25) is 0 Å². The lowest BCUT2D eigenvalue weighted by molar-refractivity contribution is -0.153. The Hall–Kier alpha value is -1.14. The summed E-state index contributed by atoms with van der Waals surface area (Å²) in [5.74, 6) is -0.926. The van der Waals surface area contributed by atoms with Crippen molar-refractivity contribution < 1.29 is 19.4 Å². The van der Waals surface area contributed by atoms with E-state index in [0.29, 0.717) is 44.8 Å². The molecular weight excluding hydrogens is 260 g/mol. The minimum atomic E-state index is -1.22. The van der Waals surface area contributed by atoms with Crippen LogP contribution >= 0.6 is 0 Å². The highest BCUT2D eigenvalue weighted by atomic mass is 16.5. The SMILES string of the molecule is CC1CCCC(N)(C(=O)NC2(C(=O)O)CCOCC2)C1. The summed E-state index contributed by atoms with van der Waals surface area (Å²) in [5, 5.41) is 12.2. The third-order valence-corrected chi connectivity index (χ3v) is 4.59. The zero-order chi connectivity index (χ0) is 14.8. The zero-order valence-electron chi connectivity index (χ0n) is 12.0.